The van der Waals surface area contributed by atoms with Gasteiger partial charge in [-0.15, -0.1) is 0 Å². The highest BCUT2D eigenvalue weighted by Gasteiger charge is 2.27. The molecule has 0 saturated carbocycles. The Labute approximate surface area is 100 Å². The molecular formula is C13H19NOS. The lowest BCUT2D eigenvalue weighted by atomic mass is 10.1. The summed E-state index contributed by atoms with van der Waals surface area (Å²) in [6.45, 7) is 5.99. The van der Waals surface area contributed by atoms with Gasteiger partial charge in [-0.2, -0.15) is 0 Å². The first-order valence-corrected chi connectivity index (χ1v) is 6.89. The van der Waals surface area contributed by atoms with Crippen LogP contribution in [0.25, 0.3) is 0 Å². The van der Waals surface area contributed by atoms with Gasteiger partial charge >= 0.3 is 0 Å². The molecule has 0 unspecified atom stereocenters. The zero-order valence-corrected chi connectivity index (χ0v) is 10.9. The van der Waals surface area contributed by atoms with Crippen molar-refractivity contribution in [2.45, 2.75) is 44.4 Å². The normalized spacial score (nSPS) is 21.8. The number of hydrogen-bond donors (Lipinski definition) is 1. The van der Waals surface area contributed by atoms with Crippen LogP contribution in [-0.2, 0) is 17.4 Å². The third-order valence-electron chi connectivity index (χ3n) is 2.94. The number of aryl methyl sites for hydroxylation is 1. The van der Waals surface area contributed by atoms with Crippen LogP contribution in [-0.4, -0.2) is 8.96 Å². The molecule has 1 aromatic rings. The second-order valence-corrected chi connectivity index (χ2v) is 7.29. The molecule has 2 nitrogen and oxygen atoms in total. The van der Waals surface area contributed by atoms with Gasteiger partial charge in [-0.3, -0.25) is 0 Å². The second-order valence-electron chi connectivity index (χ2n) is 5.29. The van der Waals surface area contributed by atoms with Gasteiger partial charge in [0.1, 0.15) is 0 Å². The molecule has 0 radical (unpaired) electrons. The van der Waals surface area contributed by atoms with E-state index in [9.17, 15) is 4.21 Å². The van der Waals surface area contributed by atoms with Crippen molar-refractivity contribution in [2.24, 2.45) is 0 Å². The lowest BCUT2D eigenvalue weighted by molar-refractivity contribution is 0.596. The maximum Gasteiger partial charge on any atom is 0.0975 e. The van der Waals surface area contributed by atoms with E-state index in [1.54, 1.807) is 0 Å². The van der Waals surface area contributed by atoms with Crippen LogP contribution in [0.2, 0.25) is 0 Å². The fourth-order valence-corrected chi connectivity index (χ4v) is 2.84. The minimum absolute atomic E-state index is 0.197. The highest BCUT2D eigenvalue weighted by atomic mass is 32.2. The van der Waals surface area contributed by atoms with Gasteiger partial charge in [0.2, 0.25) is 0 Å². The van der Waals surface area contributed by atoms with Crippen LogP contribution in [0.5, 0.6) is 0 Å². The van der Waals surface area contributed by atoms with E-state index in [4.69, 9.17) is 0 Å². The topological polar surface area (TPSA) is 29.1 Å². The van der Waals surface area contributed by atoms with E-state index in [1.807, 2.05) is 20.8 Å². The van der Waals surface area contributed by atoms with Crippen LogP contribution < -0.4 is 4.72 Å². The lowest BCUT2D eigenvalue weighted by Gasteiger charge is -2.22. The lowest BCUT2D eigenvalue weighted by Crippen LogP contribution is -2.35. The Balaban J connectivity index is 2.12. The monoisotopic (exact) mass is 237 g/mol. The highest BCUT2D eigenvalue weighted by molar-refractivity contribution is 7.84. The first-order valence-electron chi connectivity index (χ1n) is 5.74. The average molecular weight is 237 g/mol. The van der Waals surface area contributed by atoms with E-state index in [0.29, 0.717) is 0 Å². The Morgan fingerprint density at radius 3 is 2.69 bits per heavy atom. The van der Waals surface area contributed by atoms with Gasteiger partial charge < -0.3 is 0 Å². The highest BCUT2D eigenvalue weighted by Crippen LogP contribution is 2.31. The summed E-state index contributed by atoms with van der Waals surface area (Å²) >= 11 is 0. The van der Waals surface area contributed by atoms with Crippen molar-refractivity contribution in [3.8, 4) is 0 Å². The Hall–Kier alpha value is -0.670. The molecule has 1 aromatic carbocycles. The Kier molecular flexibility index (Phi) is 3.17. The fourth-order valence-electron chi connectivity index (χ4n) is 1.99. The summed E-state index contributed by atoms with van der Waals surface area (Å²) < 4.78 is 15.1. The zero-order valence-electron chi connectivity index (χ0n) is 10.1. The summed E-state index contributed by atoms with van der Waals surface area (Å²) in [6.07, 6.45) is 2.15. The summed E-state index contributed by atoms with van der Waals surface area (Å²) in [6, 6.07) is 8.69. The maximum absolute atomic E-state index is 12.0. The number of hydrogen-bond acceptors (Lipinski definition) is 1. The smallest absolute Gasteiger partial charge is 0.0975 e. The summed E-state index contributed by atoms with van der Waals surface area (Å²) in [5.74, 6) is 0. The van der Waals surface area contributed by atoms with Crippen molar-refractivity contribution in [3.63, 3.8) is 0 Å². The van der Waals surface area contributed by atoms with Crippen LogP contribution in [0.3, 0.4) is 0 Å². The molecule has 1 aliphatic rings. The van der Waals surface area contributed by atoms with E-state index >= 15 is 0 Å². The van der Waals surface area contributed by atoms with Gasteiger partial charge in [-0.25, -0.2) is 8.93 Å². The molecule has 1 N–H and O–H groups in total. The van der Waals surface area contributed by atoms with Gasteiger partial charge in [0.05, 0.1) is 15.7 Å². The van der Waals surface area contributed by atoms with Crippen molar-refractivity contribution in [1.29, 1.82) is 0 Å². The molecule has 0 fully saturated rings. The molecule has 1 aliphatic carbocycles. The zero-order chi connectivity index (χ0) is 11.8. The van der Waals surface area contributed by atoms with Crippen LogP contribution in [0, 0.1) is 0 Å². The molecule has 0 bridgehead atoms. The molecule has 0 saturated heterocycles. The minimum Gasteiger partial charge on any atom is -0.242 e. The molecule has 0 aliphatic heterocycles. The molecule has 16 heavy (non-hydrogen) atoms. The van der Waals surface area contributed by atoms with Crippen LogP contribution in [0.15, 0.2) is 24.3 Å². The standard InChI is InChI=1S/C13H19NOS/c1-13(2,3)16(15)14-12-9-8-10-6-4-5-7-11(10)12/h4-7,12,14H,8-9H2,1-3H3/t12-,16+/m1/s1. The van der Waals surface area contributed by atoms with Crippen molar-refractivity contribution >= 4 is 11.0 Å². The van der Waals surface area contributed by atoms with Crippen molar-refractivity contribution < 1.29 is 4.21 Å². The van der Waals surface area contributed by atoms with Crippen LogP contribution >= 0.6 is 0 Å². The molecule has 3 heteroatoms. The maximum atomic E-state index is 12.0. The first-order chi connectivity index (χ1) is 7.48. The second kappa shape index (κ2) is 4.30. The van der Waals surface area contributed by atoms with Gasteiger partial charge in [-0.1, -0.05) is 24.3 Å². The molecule has 88 valence electrons. The third kappa shape index (κ3) is 2.36. The summed E-state index contributed by atoms with van der Waals surface area (Å²) in [4.78, 5) is 0. The number of nitrogens with one attached hydrogen (secondary N) is 1. The summed E-state index contributed by atoms with van der Waals surface area (Å²) in [5.41, 5.74) is 2.71. The van der Waals surface area contributed by atoms with E-state index in [2.05, 4.69) is 29.0 Å². The van der Waals surface area contributed by atoms with E-state index in [0.717, 1.165) is 12.8 Å². The largest absolute Gasteiger partial charge is 0.242 e. The van der Waals surface area contributed by atoms with Crippen LogP contribution in [0.4, 0.5) is 0 Å². The fraction of sp³-hybridized carbons (Fsp3) is 0.538. The van der Waals surface area contributed by atoms with Gasteiger partial charge in [0.25, 0.3) is 0 Å². The molecule has 2 atom stereocenters. The van der Waals surface area contributed by atoms with Gasteiger partial charge in [0.15, 0.2) is 0 Å². The van der Waals surface area contributed by atoms with Crippen molar-refractivity contribution in [1.82, 2.24) is 4.72 Å². The van der Waals surface area contributed by atoms with E-state index in [1.165, 1.54) is 11.1 Å². The Morgan fingerprint density at radius 1 is 1.31 bits per heavy atom. The van der Waals surface area contributed by atoms with E-state index < -0.39 is 11.0 Å². The number of benzene rings is 1. The quantitative estimate of drug-likeness (QED) is 0.842. The Bertz CT molecular complexity index is 409. The number of rotatable bonds is 2. The SMILES string of the molecule is CC(C)(C)[S@](=O)N[C@@H]1CCc2ccccc21. The average Bonchev–Trinajstić information content (AvgIpc) is 2.61. The predicted octanol–water partition coefficient (Wildman–Crippen LogP) is 2.73. The van der Waals surface area contributed by atoms with Crippen LogP contribution in [0.1, 0.15) is 44.4 Å². The summed E-state index contributed by atoms with van der Waals surface area (Å²) in [7, 11) is -0.984. The van der Waals surface area contributed by atoms with Gasteiger partial charge in [0, 0.05) is 6.04 Å². The molecule has 0 amide bonds. The summed E-state index contributed by atoms with van der Waals surface area (Å²) in [5, 5.41) is 0. The number of fused-ring (bicyclic) bond motifs is 1. The molecule has 2 rings (SSSR count). The molecule has 0 aromatic heterocycles. The van der Waals surface area contributed by atoms with Crippen molar-refractivity contribution in [3.05, 3.63) is 35.4 Å². The Morgan fingerprint density at radius 2 is 2.00 bits per heavy atom. The minimum atomic E-state index is -0.984. The third-order valence-corrected chi connectivity index (χ3v) is 4.55. The first kappa shape index (κ1) is 11.8. The molecule has 0 spiro atoms. The van der Waals surface area contributed by atoms with Crippen molar-refractivity contribution in [2.75, 3.05) is 0 Å². The van der Waals surface area contributed by atoms with Gasteiger partial charge in [-0.05, 0) is 44.7 Å². The molecular weight excluding hydrogens is 218 g/mol. The predicted molar refractivity (Wildman–Crippen MR) is 68.5 cm³/mol. The van der Waals surface area contributed by atoms with E-state index in [-0.39, 0.29) is 10.8 Å². The molecule has 0 heterocycles.